The lowest BCUT2D eigenvalue weighted by Gasteiger charge is -2.24. The van der Waals surface area contributed by atoms with Crippen LogP contribution in [-0.4, -0.2) is 26.0 Å². The number of nitrogens with zero attached hydrogens (tertiary/aromatic N) is 4. The van der Waals surface area contributed by atoms with Gasteiger partial charge in [0, 0.05) is 0 Å². The molecule has 5 nitrogen and oxygen atoms in total. The molecular formula is C26H17BN4O. The molecular weight excluding hydrogens is 395 g/mol. The Morgan fingerprint density at radius 3 is 2.03 bits per heavy atom. The molecule has 3 heterocycles. The SMILES string of the molecule is c1ccc(B2Oc3ccccc3-n3c(nc4ccccc43)-n3c2nc2ccccc23)cc1. The Hall–Kier alpha value is -4.32. The van der Waals surface area contributed by atoms with Crippen LogP contribution in [0.25, 0.3) is 33.7 Å². The summed E-state index contributed by atoms with van der Waals surface area (Å²) in [4.78, 5) is 10.1. The zero-order valence-electron chi connectivity index (χ0n) is 17.1. The standard InChI is InChI=1S/C26H17BN4O/c1-2-10-18(11-3-1)27-25-28-19-12-4-7-15-22(19)31(25)26-29-20-13-5-6-14-21(20)30(26)23-16-8-9-17-24(23)32-27/h1-17H. The van der Waals surface area contributed by atoms with E-state index in [0.29, 0.717) is 0 Å². The topological polar surface area (TPSA) is 44.9 Å². The maximum atomic E-state index is 6.72. The van der Waals surface area contributed by atoms with Crippen LogP contribution in [0.1, 0.15) is 0 Å². The van der Waals surface area contributed by atoms with Crippen molar-refractivity contribution in [1.29, 1.82) is 0 Å². The molecule has 1 aliphatic rings. The van der Waals surface area contributed by atoms with Crippen molar-refractivity contribution >= 4 is 40.2 Å². The molecule has 0 spiro atoms. The van der Waals surface area contributed by atoms with E-state index in [1.165, 1.54) is 0 Å². The van der Waals surface area contributed by atoms with E-state index in [0.717, 1.165) is 50.6 Å². The van der Waals surface area contributed by atoms with E-state index in [-0.39, 0.29) is 6.92 Å². The zero-order valence-corrected chi connectivity index (χ0v) is 17.1. The van der Waals surface area contributed by atoms with Gasteiger partial charge in [-0.3, -0.25) is 9.13 Å². The first-order valence-electron chi connectivity index (χ1n) is 10.6. The van der Waals surface area contributed by atoms with Crippen molar-refractivity contribution in [3.63, 3.8) is 0 Å². The van der Waals surface area contributed by atoms with Crippen molar-refractivity contribution in [2.75, 3.05) is 0 Å². The Labute approximate surface area is 184 Å². The molecule has 6 aromatic rings. The minimum Gasteiger partial charge on any atom is -0.548 e. The summed E-state index contributed by atoms with van der Waals surface area (Å²) in [5.74, 6) is 1.61. The molecule has 6 heteroatoms. The summed E-state index contributed by atoms with van der Waals surface area (Å²) in [6.07, 6.45) is 0. The highest BCUT2D eigenvalue weighted by molar-refractivity contribution is 6.79. The van der Waals surface area contributed by atoms with Crippen LogP contribution in [0.2, 0.25) is 0 Å². The summed E-state index contributed by atoms with van der Waals surface area (Å²) < 4.78 is 11.0. The molecule has 32 heavy (non-hydrogen) atoms. The number of aromatic nitrogens is 4. The number of hydrogen-bond donors (Lipinski definition) is 0. The smallest absolute Gasteiger partial charge is 0.464 e. The van der Waals surface area contributed by atoms with Crippen molar-refractivity contribution in [2.24, 2.45) is 0 Å². The van der Waals surface area contributed by atoms with Gasteiger partial charge < -0.3 is 4.65 Å². The molecule has 0 bridgehead atoms. The lowest BCUT2D eigenvalue weighted by molar-refractivity contribution is 0.579. The summed E-state index contributed by atoms with van der Waals surface area (Å²) in [7, 11) is 0. The van der Waals surface area contributed by atoms with Gasteiger partial charge in [-0.15, -0.1) is 0 Å². The van der Waals surface area contributed by atoms with E-state index in [2.05, 4.69) is 39.5 Å². The first-order chi connectivity index (χ1) is 15.9. The Morgan fingerprint density at radius 2 is 1.22 bits per heavy atom. The fraction of sp³-hybridized carbons (Fsp3) is 0. The zero-order chi connectivity index (χ0) is 21.1. The average molecular weight is 412 g/mol. The number of imidazole rings is 2. The predicted molar refractivity (Wildman–Crippen MR) is 128 cm³/mol. The van der Waals surface area contributed by atoms with Gasteiger partial charge in [0.15, 0.2) is 0 Å². The van der Waals surface area contributed by atoms with Crippen molar-refractivity contribution < 1.29 is 4.65 Å². The number of hydrogen-bond acceptors (Lipinski definition) is 3. The van der Waals surface area contributed by atoms with Gasteiger partial charge in [0.1, 0.15) is 11.5 Å². The quantitative estimate of drug-likeness (QED) is 0.386. The van der Waals surface area contributed by atoms with Gasteiger partial charge in [-0.25, -0.2) is 9.97 Å². The summed E-state index contributed by atoms with van der Waals surface area (Å²) in [6.45, 7) is -0.377. The monoisotopic (exact) mass is 412 g/mol. The van der Waals surface area contributed by atoms with Gasteiger partial charge in [-0.05, 0) is 41.9 Å². The summed E-state index contributed by atoms with van der Waals surface area (Å²) >= 11 is 0. The van der Waals surface area contributed by atoms with E-state index in [1.54, 1.807) is 0 Å². The minimum atomic E-state index is -0.377. The van der Waals surface area contributed by atoms with E-state index < -0.39 is 0 Å². The van der Waals surface area contributed by atoms with Crippen LogP contribution in [0.5, 0.6) is 5.75 Å². The van der Waals surface area contributed by atoms with Crippen molar-refractivity contribution in [3.8, 4) is 17.4 Å². The molecule has 0 radical (unpaired) electrons. The molecule has 2 aromatic heterocycles. The number of benzene rings is 4. The van der Waals surface area contributed by atoms with Gasteiger partial charge in [0.2, 0.25) is 5.95 Å². The first-order valence-corrected chi connectivity index (χ1v) is 10.6. The number of para-hydroxylation sites is 6. The third-order valence-corrected chi connectivity index (χ3v) is 6.02. The number of fused-ring (bicyclic) bond motifs is 9. The molecule has 1 aliphatic heterocycles. The second-order valence-corrected chi connectivity index (χ2v) is 7.91. The Morgan fingerprint density at radius 1 is 0.594 bits per heavy atom. The van der Waals surface area contributed by atoms with E-state index in [9.17, 15) is 0 Å². The van der Waals surface area contributed by atoms with Crippen LogP contribution in [0.15, 0.2) is 103 Å². The molecule has 0 N–H and O–H groups in total. The van der Waals surface area contributed by atoms with Gasteiger partial charge in [0.25, 0.3) is 0 Å². The van der Waals surface area contributed by atoms with Crippen LogP contribution < -0.4 is 15.8 Å². The second kappa shape index (κ2) is 6.59. The summed E-state index contributed by atoms with van der Waals surface area (Å²) in [6, 6.07) is 34.8. The van der Waals surface area contributed by atoms with Crippen LogP contribution in [-0.2, 0) is 0 Å². The van der Waals surface area contributed by atoms with Crippen molar-refractivity contribution in [1.82, 2.24) is 19.1 Å². The predicted octanol–water partition coefficient (Wildman–Crippen LogP) is 3.86. The molecule has 4 aromatic carbocycles. The summed E-state index contributed by atoms with van der Waals surface area (Å²) in [5, 5.41) is 0. The molecule has 150 valence electrons. The Bertz CT molecular complexity index is 1620. The Balaban J connectivity index is 1.67. The summed E-state index contributed by atoms with van der Waals surface area (Å²) in [5.41, 5.74) is 6.69. The maximum Gasteiger partial charge on any atom is 0.464 e. The highest BCUT2D eigenvalue weighted by atomic mass is 16.4. The van der Waals surface area contributed by atoms with Crippen LogP contribution in [0.4, 0.5) is 0 Å². The molecule has 0 saturated heterocycles. The molecule has 7 rings (SSSR count). The molecule has 0 aliphatic carbocycles. The largest absolute Gasteiger partial charge is 0.548 e. The van der Waals surface area contributed by atoms with Gasteiger partial charge >= 0.3 is 6.92 Å². The minimum absolute atomic E-state index is 0.377. The van der Waals surface area contributed by atoms with E-state index >= 15 is 0 Å². The third-order valence-electron chi connectivity index (χ3n) is 6.02. The lowest BCUT2D eigenvalue weighted by atomic mass is 9.59. The lowest BCUT2D eigenvalue weighted by Crippen LogP contribution is -2.52. The normalized spacial score (nSPS) is 12.6. The van der Waals surface area contributed by atoms with Crippen molar-refractivity contribution in [3.05, 3.63) is 103 Å². The Kier molecular flexibility index (Phi) is 3.58. The fourth-order valence-electron chi connectivity index (χ4n) is 4.60. The average Bonchev–Trinajstić information content (AvgIpc) is 3.40. The highest BCUT2D eigenvalue weighted by Gasteiger charge is 2.35. The second-order valence-electron chi connectivity index (χ2n) is 7.91. The molecule has 0 atom stereocenters. The molecule has 0 fully saturated rings. The highest BCUT2D eigenvalue weighted by Crippen LogP contribution is 2.33. The van der Waals surface area contributed by atoms with Crippen LogP contribution in [0.3, 0.4) is 0 Å². The van der Waals surface area contributed by atoms with Gasteiger partial charge in [-0.2, -0.15) is 0 Å². The van der Waals surface area contributed by atoms with E-state index in [1.807, 2.05) is 72.8 Å². The van der Waals surface area contributed by atoms with Crippen LogP contribution in [0, 0.1) is 0 Å². The fourth-order valence-corrected chi connectivity index (χ4v) is 4.60. The molecule has 0 amide bonds. The molecule has 0 saturated carbocycles. The van der Waals surface area contributed by atoms with Gasteiger partial charge in [0.05, 0.1) is 27.8 Å². The third kappa shape index (κ3) is 2.40. The van der Waals surface area contributed by atoms with E-state index in [4.69, 9.17) is 14.6 Å². The van der Waals surface area contributed by atoms with Crippen molar-refractivity contribution in [2.45, 2.75) is 0 Å². The van der Waals surface area contributed by atoms with Crippen LogP contribution >= 0.6 is 0 Å². The first kappa shape index (κ1) is 17.4. The maximum absolute atomic E-state index is 6.72. The molecule has 0 unspecified atom stereocenters. The van der Waals surface area contributed by atoms with Gasteiger partial charge in [-0.1, -0.05) is 66.7 Å². The number of rotatable bonds is 1.